The van der Waals surface area contributed by atoms with Crippen molar-refractivity contribution in [3.8, 4) is 0 Å². The smallest absolute Gasteiger partial charge is 0.272 e. The molecule has 2 N–H and O–H groups in total. The first-order chi connectivity index (χ1) is 12.2. The van der Waals surface area contributed by atoms with Crippen LogP contribution in [0.15, 0.2) is 24.4 Å². The molecule has 0 aromatic carbocycles. The van der Waals surface area contributed by atoms with Gasteiger partial charge in [-0.1, -0.05) is 25.3 Å². The van der Waals surface area contributed by atoms with Gasteiger partial charge in [-0.15, -0.1) is 0 Å². The highest BCUT2D eigenvalue weighted by atomic mass is 16.2. The van der Waals surface area contributed by atoms with Crippen molar-refractivity contribution in [2.75, 3.05) is 6.54 Å². The van der Waals surface area contributed by atoms with E-state index in [1.54, 1.807) is 0 Å². The molecular formula is C19H24N4O2. The zero-order valence-electron chi connectivity index (χ0n) is 14.3. The molecule has 0 atom stereocenters. The zero-order chi connectivity index (χ0) is 17.2. The summed E-state index contributed by atoms with van der Waals surface area (Å²) in [6.45, 7) is -0.0000508. The Hall–Kier alpha value is -2.37. The first-order valence-electron chi connectivity index (χ1n) is 9.27. The second kappa shape index (κ2) is 6.86. The van der Waals surface area contributed by atoms with Crippen LogP contribution in [0.5, 0.6) is 0 Å². The van der Waals surface area contributed by atoms with E-state index >= 15 is 0 Å². The van der Waals surface area contributed by atoms with Crippen molar-refractivity contribution in [3.05, 3.63) is 35.9 Å². The van der Waals surface area contributed by atoms with Crippen molar-refractivity contribution in [3.63, 3.8) is 0 Å². The van der Waals surface area contributed by atoms with Crippen LogP contribution in [-0.4, -0.2) is 33.8 Å². The zero-order valence-corrected chi connectivity index (χ0v) is 14.3. The summed E-state index contributed by atoms with van der Waals surface area (Å²) < 4.78 is 2.04. The molecule has 6 nitrogen and oxygen atoms in total. The number of nitrogens with zero attached hydrogens (tertiary/aromatic N) is 2. The number of carbonyl (C=O) groups excluding carboxylic acids is 2. The van der Waals surface area contributed by atoms with E-state index in [9.17, 15) is 9.59 Å². The average Bonchev–Trinajstić information content (AvgIpc) is 3.37. The van der Waals surface area contributed by atoms with E-state index < -0.39 is 0 Å². The van der Waals surface area contributed by atoms with Crippen LogP contribution < -0.4 is 10.6 Å². The van der Waals surface area contributed by atoms with Crippen LogP contribution in [0, 0.1) is 0 Å². The molecule has 2 aromatic heterocycles. The molecule has 2 heterocycles. The molecule has 2 aliphatic carbocycles. The standard InChI is InChI=1S/C19H24N4O2/c24-16(21-14-9-10-14)12-20-19(25)17-15-8-4-5-11-23(15)18(22-17)13-6-2-1-3-7-13/h4-5,8,11,13-14H,1-3,6-7,9-10,12H2,(H,20,25)(H,21,24). The molecule has 4 rings (SSSR count). The summed E-state index contributed by atoms with van der Waals surface area (Å²) in [5.41, 5.74) is 1.23. The molecule has 0 bridgehead atoms. The maximum atomic E-state index is 12.6. The predicted octanol–water partition coefficient (Wildman–Crippen LogP) is 2.39. The van der Waals surface area contributed by atoms with E-state index in [4.69, 9.17) is 0 Å². The Morgan fingerprint density at radius 2 is 1.92 bits per heavy atom. The molecule has 0 spiro atoms. The number of pyridine rings is 1. The molecule has 0 unspecified atom stereocenters. The number of rotatable bonds is 5. The van der Waals surface area contributed by atoms with E-state index in [1.165, 1.54) is 19.3 Å². The number of fused-ring (bicyclic) bond motifs is 1. The van der Waals surface area contributed by atoms with Crippen LogP contribution in [-0.2, 0) is 4.79 Å². The normalized spacial score (nSPS) is 18.2. The fourth-order valence-corrected chi connectivity index (χ4v) is 3.63. The molecule has 2 amide bonds. The third-order valence-corrected chi connectivity index (χ3v) is 5.11. The summed E-state index contributed by atoms with van der Waals surface area (Å²) in [5, 5.41) is 5.59. The summed E-state index contributed by atoms with van der Waals surface area (Å²) in [6.07, 6.45) is 10.0. The third kappa shape index (κ3) is 3.52. The first kappa shape index (κ1) is 16.1. The summed E-state index contributed by atoms with van der Waals surface area (Å²) in [7, 11) is 0. The fraction of sp³-hybridized carbons (Fsp3) is 0.526. The van der Waals surface area contributed by atoms with Crippen LogP contribution in [0.4, 0.5) is 0 Å². The Balaban J connectivity index is 1.53. The summed E-state index contributed by atoms with van der Waals surface area (Å²) in [4.78, 5) is 29.1. The number of hydrogen-bond donors (Lipinski definition) is 2. The maximum absolute atomic E-state index is 12.6. The molecule has 25 heavy (non-hydrogen) atoms. The minimum absolute atomic E-state index is 0.0000508. The third-order valence-electron chi connectivity index (χ3n) is 5.11. The van der Waals surface area contributed by atoms with Crippen molar-refractivity contribution in [2.45, 2.75) is 56.9 Å². The number of hydrogen-bond acceptors (Lipinski definition) is 3. The minimum atomic E-state index is -0.281. The maximum Gasteiger partial charge on any atom is 0.272 e. The van der Waals surface area contributed by atoms with Gasteiger partial charge in [0.25, 0.3) is 5.91 Å². The van der Waals surface area contributed by atoms with E-state index in [1.807, 2.05) is 28.8 Å². The van der Waals surface area contributed by atoms with Crippen molar-refractivity contribution in [1.82, 2.24) is 20.0 Å². The van der Waals surface area contributed by atoms with Gasteiger partial charge in [0.05, 0.1) is 12.1 Å². The van der Waals surface area contributed by atoms with Crippen LogP contribution in [0.1, 0.15) is 67.2 Å². The number of nitrogens with one attached hydrogen (secondary N) is 2. The number of amides is 2. The Labute approximate surface area is 147 Å². The average molecular weight is 340 g/mol. The van der Waals surface area contributed by atoms with E-state index in [2.05, 4.69) is 15.6 Å². The summed E-state index contributed by atoms with van der Waals surface area (Å²) >= 11 is 0. The SMILES string of the molecule is O=C(CNC(=O)c1nc(C2CCCCC2)n2ccccc12)NC1CC1. The van der Waals surface area contributed by atoms with Crippen molar-refractivity contribution in [1.29, 1.82) is 0 Å². The Morgan fingerprint density at radius 1 is 1.12 bits per heavy atom. The van der Waals surface area contributed by atoms with Gasteiger partial charge >= 0.3 is 0 Å². The Kier molecular flexibility index (Phi) is 4.42. The van der Waals surface area contributed by atoms with E-state index in [0.29, 0.717) is 17.7 Å². The van der Waals surface area contributed by atoms with Gasteiger partial charge < -0.3 is 15.0 Å². The molecular weight excluding hydrogens is 316 g/mol. The lowest BCUT2D eigenvalue weighted by Gasteiger charge is -2.20. The Morgan fingerprint density at radius 3 is 2.68 bits per heavy atom. The number of carbonyl (C=O) groups is 2. The number of imidazole rings is 1. The second-order valence-corrected chi connectivity index (χ2v) is 7.13. The monoisotopic (exact) mass is 340 g/mol. The summed E-state index contributed by atoms with van der Waals surface area (Å²) in [6, 6.07) is 6.10. The van der Waals surface area contributed by atoms with E-state index in [-0.39, 0.29) is 18.4 Å². The van der Waals surface area contributed by atoms with E-state index in [0.717, 1.165) is 37.0 Å². The summed E-state index contributed by atoms with van der Waals surface area (Å²) in [5.74, 6) is 0.967. The van der Waals surface area contributed by atoms with Gasteiger partial charge in [0.2, 0.25) is 5.91 Å². The highest BCUT2D eigenvalue weighted by Crippen LogP contribution is 2.33. The van der Waals surface area contributed by atoms with Gasteiger partial charge in [-0.3, -0.25) is 9.59 Å². The van der Waals surface area contributed by atoms with Crippen molar-refractivity contribution >= 4 is 17.3 Å². The van der Waals surface area contributed by atoms with Gasteiger partial charge in [-0.25, -0.2) is 4.98 Å². The van der Waals surface area contributed by atoms with Crippen LogP contribution in [0.3, 0.4) is 0 Å². The van der Waals surface area contributed by atoms with Gasteiger partial charge in [-0.05, 0) is 37.8 Å². The lowest BCUT2D eigenvalue weighted by Crippen LogP contribution is -2.38. The molecule has 2 fully saturated rings. The van der Waals surface area contributed by atoms with Crippen molar-refractivity contribution < 1.29 is 9.59 Å². The van der Waals surface area contributed by atoms with Crippen molar-refractivity contribution in [2.24, 2.45) is 0 Å². The molecule has 6 heteroatoms. The molecule has 132 valence electrons. The molecule has 0 saturated heterocycles. The highest BCUT2D eigenvalue weighted by Gasteiger charge is 2.26. The molecule has 0 radical (unpaired) electrons. The van der Waals surface area contributed by atoms with Gasteiger partial charge in [0, 0.05) is 18.2 Å². The van der Waals surface area contributed by atoms with Gasteiger partial charge in [0.1, 0.15) is 5.82 Å². The molecule has 2 aliphatic rings. The second-order valence-electron chi connectivity index (χ2n) is 7.13. The highest BCUT2D eigenvalue weighted by molar-refractivity contribution is 6.00. The predicted molar refractivity (Wildman–Crippen MR) is 94.5 cm³/mol. The lowest BCUT2D eigenvalue weighted by molar-refractivity contribution is -0.120. The largest absolute Gasteiger partial charge is 0.352 e. The van der Waals surface area contributed by atoms with Crippen LogP contribution in [0.2, 0.25) is 0 Å². The molecule has 2 saturated carbocycles. The molecule has 0 aliphatic heterocycles. The first-order valence-corrected chi connectivity index (χ1v) is 9.27. The quantitative estimate of drug-likeness (QED) is 0.877. The van der Waals surface area contributed by atoms with Gasteiger partial charge in [-0.2, -0.15) is 0 Å². The van der Waals surface area contributed by atoms with Crippen LogP contribution in [0.25, 0.3) is 5.52 Å². The number of aromatic nitrogens is 2. The molecule has 2 aromatic rings. The minimum Gasteiger partial charge on any atom is -0.352 e. The van der Waals surface area contributed by atoms with Crippen LogP contribution >= 0.6 is 0 Å². The Bertz CT molecular complexity index is 788. The van der Waals surface area contributed by atoms with Gasteiger partial charge in [0.15, 0.2) is 5.69 Å². The topological polar surface area (TPSA) is 75.5 Å². The lowest BCUT2D eigenvalue weighted by atomic mass is 9.89. The fourth-order valence-electron chi connectivity index (χ4n) is 3.63.